The zero-order valence-corrected chi connectivity index (χ0v) is 10.5. The molecule has 0 saturated carbocycles. The van der Waals surface area contributed by atoms with Crippen LogP contribution in [-0.4, -0.2) is 12.0 Å². The zero-order valence-electron chi connectivity index (χ0n) is 10.5. The van der Waals surface area contributed by atoms with Gasteiger partial charge in [0.1, 0.15) is 5.82 Å². The number of aromatic nitrogens is 1. The third kappa shape index (κ3) is 2.72. The van der Waals surface area contributed by atoms with Gasteiger partial charge in [-0.2, -0.15) is 18.4 Å². The van der Waals surface area contributed by atoms with E-state index in [0.717, 1.165) is 6.07 Å². The Labute approximate surface area is 113 Å². The summed E-state index contributed by atoms with van der Waals surface area (Å²) in [6.07, 6.45) is -3.15. The van der Waals surface area contributed by atoms with E-state index in [0.29, 0.717) is 16.7 Å². The molecule has 0 unspecified atom stereocenters. The van der Waals surface area contributed by atoms with Crippen molar-refractivity contribution in [1.82, 2.24) is 4.98 Å². The van der Waals surface area contributed by atoms with Gasteiger partial charge in [0.05, 0.1) is 17.2 Å². The summed E-state index contributed by atoms with van der Waals surface area (Å²) in [5.74, 6) is -0.224. The largest absolute Gasteiger partial charge is 0.419 e. The number of nitriles is 1. The molecule has 102 valence electrons. The van der Waals surface area contributed by atoms with Gasteiger partial charge < -0.3 is 5.32 Å². The van der Waals surface area contributed by atoms with Gasteiger partial charge in [-0.1, -0.05) is 12.1 Å². The zero-order chi connectivity index (χ0) is 14.8. The Morgan fingerprint density at radius 3 is 2.55 bits per heavy atom. The number of benzene rings is 1. The highest BCUT2D eigenvalue weighted by Gasteiger charge is 2.34. The molecule has 1 N–H and O–H groups in total. The van der Waals surface area contributed by atoms with E-state index in [1.165, 1.54) is 19.3 Å². The van der Waals surface area contributed by atoms with Crippen LogP contribution < -0.4 is 5.32 Å². The van der Waals surface area contributed by atoms with Crippen LogP contribution >= 0.6 is 0 Å². The first kappa shape index (κ1) is 13.9. The highest BCUT2D eigenvalue weighted by atomic mass is 19.4. The molecule has 1 aromatic carbocycles. The molecule has 1 heterocycles. The lowest BCUT2D eigenvalue weighted by Gasteiger charge is -2.13. The number of halogens is 3. The van der Waals surface area contributed by atoms with Crippen molar-refractivity contribution in [3.63, 3.8) is 0 Å². The lowest BCUT2D eigenvalue weighted by molar-refractivity contribution is -0.137. The molecule has 0 spiro atoms. The van der Waals surface area contributed by atoms with Gasteiger partial charge in [-0.25, -0.2) is 4.98 Å². The summed E-state index contributed by atoms with van der Waals surface area (Å²) >= 11 is 0. The Hall–Kier alpha value is -2.55. The molecule has 6 heteroatoms. The maximum absolute atomic E-state index is 12.9. The first-order valence-electron chi connectivity index (χ1n) is 5.71. The molecule has 0 bridgehead atoms. The fourth-order valence-corrected chi connectivity index (χ4v) is 1.81. The van der Waals surface area contributed by atoms with E-state index in [1.54, 1.807) is 18.2 Å². The Morgan fingerprint density at radius 2 is 1.95 bits per heavy atom. The molecule has 0 saturated heterocycles. The maximum Gasteiger partial charge on any atom is 0.419 e. The molecule has 20 heavy (non-hydrogen) atoms. The summed E-state index contributed by atoms with van der Waals surface area (Å²) in [6, 6.07) is 9.34. The molecule has 0 aliphatic rings. The van der Waals surface area contributed by atoms with Crippen LogP contribution in [-0.2, 0) is 6.18 Å². The van der Waals surface area contributed by atoms with Gasteiger partial charge in [0.2, 0.25) is 0 Å². The van der Waals surface area contributed by atoms with E-state index < -0.39 is 11.7 Å². The maximum atomic E-state index is 12.9. The highest BCUT2D eigenvalue weighted by molar-refractivity contribution is 5.67. The number of nitrogens with one attached hydrogen (secondary N) is 1. The lowest BCUT2D eigenvalue weighted by atomic mass is 10.0. The normalized spacial score (nSPS) is 10.9. The monoisotopic (exact) mass is 277 g/mol. The van der Waals surface area contributed by atoms with Crippen LogP contribution in [0.3, 0.4) is 0 Å². The predicted octanol–water partition coefficient (Wildman–Crippen LogP) is 3.68. The van der Waals surface area contributed by atoms with Gasteiger partial charge in [-0.3, -0.25) is 0 Å². The minimum atomic E-state index is -4.49. The molecule has 2 rings (SSSR count). The summed E-state index contributed by atoms with van der Waals surface area (Å²) in [4.78, 5) is 3.78. The molecule has 0 aliphatic heterocycles. The van der Waals surface area contributed by atoms with Crippen molar-refractivity contribution < 1.29 is 13.2 Å². The third-order valence-electron chi connectivity index (χ3n) is 2.75. The van der Waals surface area contributed by atoms with E-state index >= 15 is 0 Å². The Bertz CT molecular complexity index is 672. The van der Waals surface area contributed by atoms with Crippen LogP contribution in [0, 0.1) is 11.3 Å². The van der Waals surface area contributed by atoms with E-state index in [4.69, 9.17) is 5.26 Å². The van der Waals surface area contributed by atoms with Crippen LogP contribution in [0.4, 0.5) is 19.0 Å². The molecule has 2 aromatic rings. The van der Waals surface area contributed by atoms with Gasteiger partial charge in [-0.05, 0) is 23.8 Å². The summed E-state index contributed by atoms with van der Waals surface area (Å²) in [6.45, 7) is 0. The number of rotatable bonds is 2. The molecular formula is C14H10F3N3. The summed E-state index contributed by atoms with van der Waals surface area (Å²) < 4.78 is 38.8. The number of hydrogen-bond donors (Lipinski definition) is 1. The van der Waals surface area contributed by atoms with Gasteiger partial charge in [0, 0.05) is 18.8 Å². The average Bonchev–Trinajstić information content (AvgIpc) is 2.45. The Balaban J connectivity index is 2.56. The second kappa shape index (κ2) is 5.21. The van der Waals surface area contributed by atoms with Crippen LogP contribution in [0.2, 0.25) is 0 Å². The molecule has 1 aromatic heterocycles. The van der Waals surface area contributed by atoms with Crippen molar-refractivity contribution in [1.29, 1.82) is 5.26 Å². The van der Waals surface area contributed by atoms with Gasteiger partial charge in [0.15, 0.2) is 0 Å². The number of hydrogen-bond acceptors (Lipinski definition) is 3. The third-order valence-corrected chi connectivity index (χ3v) is 2.75. The number of nitrogens with zero attached hydrogens (tertiary/aromatic N) is 2. The van der Waals surface area contributed by atoms with Crippen molar-refractivity contribution in [2.45, 2.75) is 6.18 Å². The van der Waals surface area contributed by atoms with Gasteiger partial charge in [0.25, 0.3) is 0 Å². The highest BCUT2D eigenvalue weighted by Crippen LogP contribution is 2.36. The van der Waals surface area contributed by atoms with E-state index in [-0.39, 0.29) is 5.82 Å². The molecular weight excluding hydrogens is 267 g/mol. The lowest BCUT2D eigenvalue weighted by Crippen LogP contribution is -2.10. The SMILES string of the molecule is CNc1ncc(-c2cccc(C#N)c2)cc1C(F)(F)F. The van der Waals surface area contributed by atoms with Gasteiger partial charge >= 0.3 is 6.18 Å². The number of alkyl halides is 3. The van der Waals surface area contributed by atoms with Crippen LogP contribution in [0.15, 0.2) is 36.5 Å². The minimum absolute atomic E-state index is 0.224. The molecule has 0 amide bonds. The second-order valence-electron chi connectivity index (χ2n) is 4.06. The molecule has 3 nitrogen and oxygen atoms in total. The van der Waals surface area contributed by atoms with Crippen molar-refractivity contribution in [2.75, 3.05) is 12.4 Å². The van der Waals surface area contributed by atoms with Crippen molar-refractivity contribution in [2.24, 2.45) is 0 Å². The van der Waals surface area contributed by atoms with Crippen molar-refractivity contribution >= 4 is 5.82 Å². The summed E-state index contributed by atoms with van der Waals surface area (Å²) in [5, 5.41) is 11.2. The van der Waals surface area contributed by atoms with E-state index in [1.807, 2.05) is 6.07 Å². The summed E-state index contributed by atoms with van der Waals surface area (Å²) in [5.41, 5.74) is 0.381. The van der Waals surface area contributed by atoms with Crippen molar-refractivity contribution in [3.8, 4) is 17.2 Å². The molecule has 0 fully saturated rings. The van der Waals surface area contributed by atoms with Crippen LogP contribution in [0.5, 0.6) is 0 Å². The average molecular weight is 277 g/mol. The van der Waals surface area contributed by atoms with E-state index in [9.17, 15) is 13.2 Å². The topological polar surface area (TPSA) is 48.7 Å². The van der Waals surface area contributed by atoms with Crippen molar-refractivity contribution in [3.05, 3.63) is 47.7 Å². The fourth-order valence-electron chi connectivity index (χ4n) is 1.81. The quantitative estimate of drug-likeness (QED) is 0.910. The standard InChI is InChI=1S/C14H10F3N3/c1-19-13-12(14(15,16)17)6-11(8-20-13)10-4-2-3-9(5-10)7-18/h2-6,8H,1H3,(H,19,20). The predicted molar refractivity (Wildman–Crippen MR) is 68.9 cm³/mol. The minimum Gasteiger partial charge on any atom is -0.373 e. The van der Waals surface area contributed by atoms with E-state index in [2.05, 4.69) is 10.3 Å². The molecule has 0 aliphatic carbocycles. The number of pyridine rings is 1. The Morgan fingerprint density at radius 1 is 1.20 bits per heavy atom. The van der Waals surface area contributed by atoms with Gasteiger partial charge in [-0.15, -0.1) is 0 Å². The first-order chi connectivity index (χ1) is 9.45. The second-order valence-corrected chi connectivity index (χ2v) is 4.06. The van der Waals surface area contributed by atoms with Crippen LogP contribution in [0.25, 0.3) is 11.1 Å². The number of anilines is 1. The smallest absolute Gasteiger partial charge is 0.373 e. The fraction of sp³-hybridized carbons (Fsp3) is 0.143. The Kier molecular flexibility index (Phi) is 3.61. The van der Waals surface area contributed by atoms with Crippen LogP contribution in [0.1, 0.15) is 11.1 Å². The molecule has 0 radical (unpaired) electrons. The molecule has 0 atom stereocenters. The summed E-state index contributed by atoms with van der Waals surface area (Å²) in [7, 11) is 1.38. The first-order valence-corrected chi connectivity index (χ1v) is 5.71.